The summed E-state index contributed by atoms with van der Waals surface area (Å²) in [5, 5.41) is -0.171. The summed E-state index contributed by atoms with van der Waals surface area (Å²) in [6, 6.07) is 0. The maximum atomic E-state index is 11.9. The van der Waals surface area contributed by atoms with Crippen molar-refractivity contribution in [3.63, 3.8) is 0 Å². The lowest BCUT2D eigenvalue weighted by Crippen LogP contribution is -2.39. The van der Waals surface area contributed by atoms with E-state index in [-0.39, 0.29) is 11.0 Å². The largest absolute Gasteiger partial charge is 0.496 e. The third-order valence-corrected chi connectivity index (χ3v) is 6.86. The van der Waals surface area contributed by atoms with Gasteiger partial charge in [-0.2, -0.15) is 0 Å². The summed E-state index contributed by atoms with van der Waals surface area (Å²) in [5.41, 5.74) is 3.13. The van der Waals surface area contributed by atoms with Crippen molar-refractivity contribution in [3.05, 3.63) is 23.0 Å². The first-order valence-corrected chi connectivity index (χ1v) is 9.53. The molecule has 0 N–H and O–H groups in total. The number of piperidine rings is 1. The van der Waals surface area contributed by atoms with Gasteiger partial charge in [0.05, 0.1) is 18.1 Å². The number of likely N-dealkylation sites (tertiary alicyclic amines) is 1. The Kier molecular flexibility index (Phi) is 5.45. The van der Waals surface area contributed by atoms with Gasteiger partial charge in [0.25, 0.3) is 0 Å². The number of ether oxygens (including phenoxy) is 1. The normalized spacial score (nSPS) is 17.6. The highest BCUT2D eigenvalue weighted by molar-refractivity contribution is 7.92. The van der Waals surface area contributed by atoms with E-state index in [2.05, 4.69) is 9.88 Å². The van der Waals surface area contributed by atoms with E-state index in [4.69, 9.17) is 4.74 Å². The van der Waals surface area contributed by atoms with Crippen LogP contribution in [-0.2, 0) is 16.4 Å². The molecule has 1 aliphatic rings. The first-order valence-electron chi connectivity index (χ1n) is 7.82. The monoisotopic (exact) mass is 326 g/mol. The molecule has 0 aliphatic carbocycles. The van der Waals surface area contributed by atoms with Gasteiger partial charge < -0.3 is 4.74 Å². The molecule has 0 atom stereocenters. The van der Waals surface area contributed by atoms with Crippen LogP contribution in [0.2, 0.25) is 0 Å². The highest BCUT2D eigenvalue weighted by atomic mass is 32.2. The Morgan fingerprint density at radius 2 is 1.95 bits per heavy atom. The van der Waals surface area contributed by atoms with Gasteiger partial charge in [0.2, 0.25) is 0 Å². The van der Waals surface area contributed by atoms with Crippen molar-refractivity contribution in [2.45, 2.75) is 45.4 Å². The molecule has 5 nitrogen and oxygen atoms in total. The predicted molar refractivity (Wildman–Crippen MR) is 88.0 cm³/mol. The first kappa shape index (κ1) is 17.2. The average molecular weight is 326 g/mol. The number of rotatable bonds is 5. The Labute approximate surface area is 133 Å². The second-order valence-corrected chi connectivity index (χ2v) is 8.54. The van der Waals surface area contributed by atoms with E-state index in [1.807, 2.05) is 20.0 Å². The van der Waals surface area contributed by atoms with Gasteiger partial charge in [0, 0.05) is 29.6 Å². The lowest BCUT2D eigenvalue weighted by Gasteiger charge is -2.31. The average Bonchev–Trinajstić information content (AvgIpc) is 2.51. The molecule has 1 aromatic rings. The molecule has 0 aromatic carbocycles. The Morgan fingerprint density at radius 3 is 2.50 bits per heavy atom. The van der Waals surface area contributed by atoms with Crippen molar-refractivity contribution in [1.29, 1.82) is 0 Å². The number of pyridine rings is 1. The van der Waals surface area contributed by atoms with Gasteiger partial charge in [0.15, 0.2) is 9.84 Å². The zero-order valence-corrected chi connectivity index (χ0v) is 14.7. The molecular weight excluding hydrogens is 300 g/mol. The summed E-state index contributed by atoms with van der Waals surface area (Å²) in [6.07, 6.45) is 3.28. The van der Waals surface area contributed by atoms with Crippen LogP contribution >= 0.6 is 0 Å². The second-order valence-electron chi connectivity index (χ2n) is 5.97. The minimum Gasteiger partial charge on any atom is -0.496 e. The predicted octanol–water partition coefficient (Wildman–Crippen LogP) is 2.11. The summed E-state index contributed by atoms with van der Waals surface area (Å²) in [4.78, 5) is 6.81. The van der Waals surface area contributed by atoms with Crippen LogP contribution < -0.4 is 4.74 Å². The molecule has 0 unspecified atom stereocenters. The molecule has 2 rings (SSSR count). The summed E-state index contributed by atoms with van der Waals surface area (Å²) in [7, 11) is -1.22. The molecule has 0 spiro atoms. The van der Waals surface area contributed by atoms with Gasteiger partial charge in [-0.05, 0) is 39.8 Å². The van der Waals surface area contributed by atoms with Crippen molar-refractivity contribution in [2.24, 2.45) is 0 Å². The van der Waals surface area contributed by atoms with Gasteiger partial charge >= 0.3 is 0 Å². The fraction of sp³-hybridized carbons (Fsp3) is 0.688. The molecule has 1 aliphatic heterocycles. The fourth-order valence-corrected chi connectivity index (χ4v) is 4.50. The van der Waals surface area contributed by atoms with E-state index in [1.54, 1.807) is 14.0 Å². The molecule has 6 heteroatoms. The molecule has 0 saturated carbocycles. The van der Waals surface area contributed by atoms with Gasteiger partial charge in [-0.1, -0.05) is 6.92 Å². The SMILES string of the molecule is CCS(=O)(=O)C1CCN(Cc2ncc(C)c(OC)c2C)CC1. The van der Waals surface area contributed by atoms with Crippen molar-refractivity contribution in [1.82, 2.24) is 9.88 Å². The van der Waals surface area contributed by atoms with E-state index in [9.17, 15) is 8.42 Å². The highest BCUT2D eigenvalue weighted by Gasteiger charge is 2.28. The molecule has 2 heterocycles. The zero-order chi connectivity index (χ0) is 16.3. The number of aromatic nitrogens is 1. The van der Waals surface area contributed by atoms with E-state index in [1.165, 1.54) is 0 Å². The lowest BCUT2D eigenvalue weighted by atomic mass is 10.1. The minimum atomic E-state index is -2.90. The minimum absolute atomic E-state index is 0.171. The van der Waals surface area contributed by atoms with Crippen LogP contribution in [-0.4, -0.2) is 49.5 Å². The van der Waals surface area contributed by atoms with Gasteiger partial charge in [-0.25, -0.2) is 8.42 Å². The maximum Gasteiger partial charge on any atom is 0.152 e. The number of methoxy groups -OCH3 is 1. The Hall–Kier alpha value is -1.14. The molecule has 1 saturated heterocycles. The van der Waals surface area contributed by atoms with Crippen LogP contribution in [0.4, 0.5) is 0 Å². The Balaban J connectivity index is 2.03. The second kappa shape index (κ2) is 6.96. The van der Waals surface area contributed by atoms with E-state index < -0.39 is 9.84 Å². The summed E-state index contributed by atoms with van der Waals surface area (Å²) < 4.78 is 29.3. The Bertz CT molecular complexity index is 621. The first-order chi connectivity index (χ1) is 10.4. The molecule has 0 amide bonds. The van der Waals surface area contributed by atoms with Crippen molar-refractivity contribution >= 4 is 9.84 Å². The third-order valence-electron chi connectivity index (χ3n) is 4.57. The quantitative estimate of drug-likeness (QED) is 0.829. The molecule has 0 bridgehead atoms. The molecule has 22 heavy (non-hydrogen) atoms. The van der Waals surface area contributed by atoms with Crippen LogP contribution in [0.15, 0.2) is 6.20 Å². The number of hydrogen-bond donors (Lipinski definition) is 0. The smallest absolute Gasteiger partial charge is 0.152 e. The van der Waals surface area contributed by atoms with Crippen molar-refractivity contribution < 1.29 is 13.2 Å². The fourth-order valence-electron chi connectivity index (χ4n) is 3.10. The standard InChI is InChI=1S/C16H26N2O3S/c1-5-22(19,20)14-6-8-18(9-7-14)11-15-13(3)16(21-4)12(2)10-17-15/h10,14H,5-9,11H2,1-4H3. The summed E-state index contributed by atoms with van der Waals surface area (Å²) in [6.45, 7) is 8.11. The van der Waals surface area contributed by atoms with Crippen molar-refractivity contribution in [3.8, 4) is 5.75 Å². The number of aryl methyl sites for hydroxylation is 1. The van der Waals surface area contributed by atoms with E-state index in [0.717, 1.165) is 55.0 Å². The number of sulfone groups is 1. The number of hydrogen-bond acceptors (Lipinski definition) is 5. The van der Waals surface area contributed by atoms with Gasteiger partial charge in [-0.15, -0.1) is 0 Å². The third kappa shape index (κ3) is 3.60. The zero-order valence-electron chi connectivity index (χ0n) is 13.9. The van der Waals surface area contributed by atoms with E-state index in [0.29, 0.717) is 0 Å². The Morgan fingerprint density at radius 1 is 1.32 bits per heavy atom. The highest BCUT2D eigenvalue weighted by Crippen LogP contribution is 2.26. The van der Waals surface area contributed by atoms with Crippen LogP contribution in [0.5, 0.6) is 5.75 Å². The van der Waals surface area contributed by atoms with Gasteiger partial charge in [-0.3, -0.25) is 9.88 Å². The lowest BCUT2D eigenvalue weighted by molar-refractivity contribution is 0.219. The molecule has 124 valence electrons. The topological polar surface area (TPSA) is 59.5 Å². The maximum absolute atomic E-state index is 11.9. The van der Waals surface area contributed by atoms with Crippen LogP contribution in [0.25, 0.3) is 0 Å². The van der Waals surface area contributed by atoms with Crippen LogP contribution in [0.1, 0.15) is 36.6 Å². The molecular formula is C16H26N2O3S. The molecule has 1 fully saturated rings. The molecule has 0 radical (unpaired) electrons. The van der Waals surface area contributed by atoms with Gasteiger partial charge in [0.1, 0.15) is 5.75 Å². The molecule has 1 aromatic heterocycles. The van der Waals surface area contributed by atoms with Crippen molar-refractivity contribution in [2.75, 3.05) is 26.0 Å². The summed E-state index contributed by atoms with van der Waals surface area (Å²) >= 11 is 0. The summed E-state index contributed by atoms with van der Waals surface area (Å²) in [5.74, 6) is 1.14. The van der Waals surface area contributed by atoms with E-state index >= 15 is 0 Å². The van der Waals surface area contributed by atoms with Crippen LogP contribution in [0.3, 0.4) is 0 Å². The number of nitrogens with zero attached hydrogens (tertiary/aromatic N) is 2. The van der Waals surface area contributed by atoms with Crippen LogP contribution in [0, 0.1) is 13.8 Å².